The lowest BCUT2D eigenvalue weighted by molar-refractivity contribution is -0.301. The molecule has 4 nitrogen and oxygen atoms in total. The zero-order valence-corrected chi connectivity index (χ0v) is 14.1. The van der Waals surface area contributed by atoms with Crippen molar-refractivity contribution in [2.45, 2.75) is 5.25 Å². The van der Waals surface area contributed by atoms with Gasteiger partial charge < -0.3 is 15.2 Å². The molecule has 0 radical (unpaired) electrons. The Morgan fingerprint density at radius 1 is 1.13 bits per heavy atom. The molecule has 23 heavy (non-hydrogen) atoms. The Hall–Kier alpha value is -1.69. The van der Waals surface area contributed by atoms with E-state index >= 15 is 0 Å². The Bertz CT molecular complexity index is 710. The summed E-state index contributed by atoms with van der Waals surface area (Å²) in [5.74, 6) is -1.89. The lowest BCUT2D eigenvalue weighted by Gasteiger charge is -2.18. The molecule has 0 aliphatic heterocycles. The second-order valence-electron chi connectivity index (χ2n) is 4.59. The number of carbonyl (C=O) groups excluding carboxylic acids is 2. The molecule has 0 bridgehead atoms. The number of hydrogen-bond donors (Lipinski definition) is 1. The van der Waals surface area contributed by atoms with Gasteiger partial charge in [-0.05, 0) is 23.8 Å². The van der Waals surface area contributed by atoms with Gasteiger partial charge in [-0.1, -0.05) is 53.5 Å². The van der Waals surface area contributed by atoms with Crippen LogP contribution in [0.25, 0.3) is 0 Å². The summed E-state index contributed by atoms with van der Waals surface area (Å²) in [6.07, 6.45) is 0. The third-order valence-corrected chi connectivity index (χ3v) is 4.67. The molecule has 1 atom stereocenters. The Morgan fingerprint density at radius 2 is 1.83 bits per heavy atom. The molecule has 0 aliphatic rings. The van der Waals surface area contributed by atoms with Crippen LogP contribution in [0.3, 0.4) is 0 Å². The number of hydrogen-bond acceptors (Lipinski definition) is 4. The summed E-state index contributed by atoms with van der Waals surface area (Å²) in [6, 6.07) is 13.6. The number of thioether (sulfide) groups is 1. The lowest BCUT2D eigenvalue weighted by Crippen LogP contribution is -2.27. The molecule has 0 aromatic heterocycles. The molecule has 0 saturated heterocycles. The average molecular weight is 369 g/mol. The Labute approximate surface area is 147 Å². The normalized spacial score (nSPS) is 11.7. The second-order valence-corrected chi connectivity index (χ2v) is 6.52. The third-order valence-electron chi connectivity index (χ3n) is 2.90. The number of halogens is 2. The molecular weight excluding hydrogens is 357 g/mol. The van der Waals surface area contributed by atoms with Crippen LogP contribution in [0.15, 0.2) is 48.5 Å². The van der Waals surface area contributed by atoms with Crippen molar-refractivity contribution >= 4 is 52.5 Å². The third kappa shape index (κ3) is 5.16. The minimum absolute atomic E-state index is 0.290. The van der Waals surface area contributed by atoms with E-state index in [0.29, 0.717) is 21.3 Å². The molecule has 2 rings (SSSR count). The second kappa shape index (κ2) is 8.24. The van der Waals surface area contributed by atoms with Crippen LogP contribution >= 0.6 is 35.0 Å². The first-order valence-electron chi connectivity index (χ1n) is 6.59. The molecule has 0 aliphatic carbocycles. The van der Waals surface area contributed by atoms with Gasteiger partial charge in [0.1, 0.15) is 5.25 Å². The summed E-state index contributed by atoms with van der Waals surface area (Å²) in [6.45, 7) is 0. The minimum atomic E-state index is -1.23. The Balaban J connectivity index is 2.20. The molecule has 2 aromatic carbocycles. The van der Waals surface area contributed by atoms with Gasteiger partial charge in [0.2, 0.25) is 5.91 Å². The summed E-state index contributed by atoms with van der Waals surface area (Å²) in [7, 11) is 0. The highest BCUT2D eigenvalue weighted by atomic mass is 35.5. The van der Waals surface area contributed by atoms with E-state index in [-0.39, 0.29) is 11.7 Å². The maximum atomic E-state index is 12.5. The van der Waals surface area contributed by atoms with E-state index in [2.05, 4.69) is 5.32 Å². The fourth-order valence-electron chi connectivity index (χ4n) is 1.89. The zero-order chi connectivity index (χ0) is 16.8. The van der Waals surface area contributed by atoms with Crippen molar-refractivity contribution in [3.63, 3.8) is 0 Å². The number of nitrogens with one attached hydrogen (secondary N) is 1. The van der Waals surface area contributed by atoms with Gasteiger partial charge in [-0.3, -0.25) is 4.79 Å². The molecule has 120 valence electrons. The topological polar surface area (TPSA) is 69.2 Å². The highest BCUT2D eigenvalue weighted by molar-refractivity contribution is 8.00. The largest absolute Gasteiger partial charge is 0.549 e. The number of carboxylic acid groups (broad SMARTS) is 1. The van der Waals surface area contributed by atoms with Crippen LogP contribution < -0.4 is 10.4 Å². The number of carbonyl (C=O) groups is 2. The van der Waals surface area contributed by atoms with Crippen molar-refractivity contribution in [1.82, 2.24) is 0 Å². The van der Waals surface area contributed by atoms with Gasteiger partial charge in [0.05, 0.1) is 16.7 Å². The molecule has 0 saturated carbocycles. The molecule has 0 unspecified atom stereocenters. The number of benzene rings is 2. The lowest BCUT2D eigenvalue weighted by atomic mass is 10.1. The van der Waals surface area contributed by atoms with Crippen molar-refractivity contribution in [2.24, 2.45) is 0 Å². The predicted molar refractivity (Wildman–Crippen MR) is 91.7 cm³/mol. The van der Waals surface area contributed by atoms with Gasteiger partial charge in [0.15, 0.2) is 0 Å². The van der Waals surface area contributed by atoms with Gasteiger partial charge in [0.25, 0.3) is 0 Å². The number of rotatable bonds is 6. The minimum Gasteiger partial charge on any atom is -0.549 e. The van der Waals surface area contributed by atoms with E-state index in [1.54, 1.807) is 36.4 Å². The Kier molecular flexibility index (Phi) is 6.33. The van der Waals surface area contributed by atoms with Crippen LogP contribution in [-0.4, -0.2) is 17.6 Å². The molecule has 0 fully saturated rings. The van der Waals surface area contributed by atoms with Gasteiger partial charge in [0, 0.05) is 10.8 Å². The van der Waals surface area contributed by atoms with Gasteiger partial charge >= 0.3 is 0 Å². The smallest absolute Gasteiger partial charge is 0.242 e. The standard InChI is InChI=1S/C16H13Cl2NO3S/c17-11-6-7-13(12(18)8-11)19-16(22)15(23-9-14(20)21)10-4-2-1-3-5-10/h1-8,15H,9H2,(H,19,22)(H,20,21)/p-1/t15-/m0/s1. The molecule has 0 heterocycles. The van der Waals surface area contributed by atoms with Crippen molar-refractivity contribution < 1.29 is 14.7 Å². The summed E-state index contributed by atoms with van der Waals surface area (Å²) in [5.41, 5.74) is 1.11. The van der Waals surface area contributed by atoms with E-state index < -0.39 is 11.2 Å². The van der Waals surface area contributed by atoms with Gasteiger partial charge in [-0.15, -0.1) is 11.8 Å². The van der Waals surface area contributed by atoms with Crippen molar-refractivity contribution in [1.29, 1.82) is 0 Å². The maximum Gasteiger partial charge on any atom is 0.242 e. The molecule has 1 amide bonds. The quantitative estimate of drug-likeness (QED) is 0.849. The summed E-state index contributed by atoms with van der Waals surface area (Å²) < 4.78 is 0. The van der Waals surface area contributed by atoms with Crippen LogP contribution in [0.1, 0.15) is 10.8 Å². The first-order chi connectivity index (χ1) is 11.0. The number of carboxylic acids is 1. The van der Waals surface area contributed by atoms with Crippen LogP contribution in [0.2, 0.25) is 10.0 Å². The zero-order valence-electron chi connectivity index (χ0n) is 11.8. The van der Waals surface area contributed by atoms with Crippen LogP contribution in [0.4, 0.5) is 5.69 Å². The summed E-state index contributed by atoms with van der Waals surface area (Å²) >= 11 is 12.8. The molecule has 0 spiro atoms. The Morgan fingerprint density at radius 3 is 2.43 bits per heavy atom. The molecular formula is C16H12Cl2NO3S-. The fourth-order valence-corrected chi connectivity index (χ4v) is 3.21. The van der Waals surface area contributed by atoms with Gasteiger partial charge in [-0.25, -0.2) is 0 Å². The van der Waals surface area contributed by atoms with Crippen molar-refractivity contribution in [3.8, 4) is 0 Å². The van der Waals surface area contributed by atoms with E-state index in [1.165, 1.54) is 6.07 Å². The van der Waals surface area contributed by atoms with E-state index in [4.69, 9.17) is 23.2 Å². The van der Waals surface area contributed by atoms with Gasteiger partial charge in [-0.2, -0.15) is 0 Å². The summed E-state index contributed by atoms with van der Waals surface area (Å²) in [5, 5.41) is 13.5. The predicted octanol–water partition coefficient (Wildman–Crippen LogP) is 3.16. The molecule has 1 N–H and O–H groups in total. The van der Waals surface area contributed by atoms with Crippen molar-refractivity contribution in [3.05, 3.63) is 64.1 Å². The first kappa shape index (κ1) is 17.7. The highest BCUT2D eigenvalue weighted by Gasteiger charge is 2.22. The maximum absolute atomic E-state index is 12.5. The number of amides is 1. The van der Waals surface area contributed by atoms with Crippen LogP contribution in [0, 0.1) is 0 Å². The SMILES string of the molecule is O=C([O-])CS[C@H](C(=O)Nc1ccc(Cl)cc1Cl)c1ccccc1. The number of aliphatic carboxylic acids is 1. The average Bonchev–Trinajstić information content (AvgIpc) is 2.51. The van der Waals surface area contributed by atoms with Crippen molar-refractivity contribution in [2.75, 3.05) is 11.1 Å². The highest BCUT2D eigenvalue weighted by Crippen LogP contribution is 2.32. The number of anilines is 1. The molecule has 7 heteroatoms. The monoisotopic (exact) mass is 368 g/mol. The van der Waals surface area contributed by atoms with E-state index in [0.717, 1.165) is 11.8 Å². The summed E-state index contributed by atoms with van der Waals surface area (Å²) in [4.78, 5) is 23.2. The molecule has 2 aromatic rings. The first-order valence-corrected chi connectivity index (χ1v) is 8.40. The van der Waals surface area contributed by atoms with E-state index in [1.807, 2.05) is 6.07 Å². The fraction of sp³-hybridized carbons (Fsp3) is 0.125. The van der Waals surface area contributed by atoms with Crippen LogP contribution in [0.5, 0.6) is 0 Å². The van der Waals surface area contributed by atoms with Crippen LogP contribution in [-0.2, 0) is 9.59 Å². The van der Waals surface area contributed by atoms with E-state index in [9.17, 15) is 14.7 Å².